The van der Waals surface area contributed by atoms with Crippen LogP contribution in [0.1, 0.15) is 0 Å². The smallest absolute Gasteiger partial charge is 0.282 e. The number of hydrogen-bond donors (Lipinski definition) is 1. The van der Waals surface area contributed by atoms with Crippen molar-refractivity contribution in [2.24, 2.45) is 0 Å². The number of benzene rings is 1. The van der Waals surface area contributed by atoms with Gasteiger partial charge in [-0.2, -0.15) is 17.0 Å². The van der Waals surface area contributed by atoms with Crippen LogP contribution in [0.2, 0.25) is 0 Å². The molecule has 2 atom stereocenters. The molecule has 1 aromatic rings. The fourth-order valence-electron chi connectivity index (χ4n) is 2.68. The Balaban J connectivity index is 1.68. The molecule has 7 nitrogen and oxygen atoms in total. The average Bonchev–Trinajstić information content (AvgIpc) is 2.90. The molecule has 2 aliphatic rings. The quantitative estimate of drug-likeness (QED) is 0.819. The van der Waals surface area contributed by atoms with Gasteiger partial charge in [-0.1, -0.05) is 6.07 Å². The zero-order valence-corrected chi connectivity index (χ0v) is 13.3. The van der Waals surface area contributed by atoms with E-state index in [9.17, 15) is 17.9 Å². The van der Waals surface area contributed by atoms with E-state index in [2.05, 4.69) is 0 Å². The molecule has 2 heterocycles. The van der Waals surface area contributed by atoms with Gasteiger partial charge in [0, 0.05) is 25.7 Å². The van der Waals surface area contributed by atoms with Gasteiger partial charge in [-0.3, -0.25) is 0 Å². The van der Waals surface area contributed by atoms with Crippen molar-refractivity contribution in [1.29, 1.82) is 0 Å². The highest BCUT2D eigenvalue weighted by molar-refractivity contribution is 7.86. The third kappa shape index (κ3) is 3.64. The summed E-state index contributed by atoms with van der Waals surface area (Å²) in [6.45, 7) is 1.30. The molecule has 0 spiro atoms. The molecular weight excluding hydrogens is 327 g/mol. The van der Waals surface area contributed by atoms with Crippen molar-refractivity contribution in [2.75, 3.05) is 39.4 Å². The Labute approximate surface area is 134 Å². The molecule has 9 heteroatoms. The molecular formula is C14H19FN2O5S. The summed E-state index contributed by atoms with van der Waals surface area (Å²) in [7, 11) is -3.66. The fraction of sp³-hybridized carbons (Fsp3) is 0.571. The number of aliphatic hydroxyl groups is 1. The third-order valence-corrected chi connectivity index (χ3v) is 5.88. The van der Waals surface area contributed by atoms with Gasteiger partial charge in [-0.25, -0.2) is 4.39 Å². The van der Waals surface area contributed by atoms with E-state index in [1.807, 2.05) is 0 Å². The lowest BCUT2D eigenvalue weighted by Gasteiger charge is -2.29. The highest BCUT2D eigenvalue weighted by Crippen LogP contribution is 2.23. The lowest BCUT2D eigenvalue weighted by atomic mass is 10.2. The monoisotopic (exact) mass is 346 g/mol. The molecule has 0 aliphatic carbocycles. The van der Waals surface area contributed by atoms with Crippen molar-refractivity contribution in [1.82, 2.24) is 8.61 Å². The summed E-state index contributed by atoms with van der Waals surface area (Å²) in [6, 6.07) is 5.54. The molecule has 2 aliphatic heterocycles. The zero-order valence-electron chi connectivity index (χ0n) is 12.5. The lowest BCUT2D eigenvalue weighted by molar-refractivity contribution is 0.0702. The van der Waals surface area contributed by atoms with Crippen molar-refractivity contribution in [3.8, 4) is 5.75 Å². The van der Waals surface area contributed by atoms with Crippen LogP contribution in [0.4, 0.5) is 4.39 Å². The second-order valence-electron chi connectivity index (χ2n) is 5.52. The van der Waals surface area contributed by atoms with Gasteiger partial charge in [0.25, 0.3) is 10.2 Å². The highest BCUT2D eigenvalue weighted by Gasteiger charge is 2.42. The number of halogens is 1. The van der Waals surface area contributed by atoms with Gasteiger partial charge in [-0.05, 0) is 12.1 Å². The molecule has 0 unspecified atom stereocenters. The van der Waals surface area contributed by atoms with E-state index in [-0.39, 0.29) is 18.8 Å². The molecule has 0 saturated carbocycles. The van der Waals surface area contributed by atoms with Crippen LogP contribution >= 0.6 is 0 Å². The standard InChI is InChI=1S/C14H19FN2O5S/c15-11-2-1-3-12(8-11)22-14-10-17(9-13(14)18)23(19,20)16-4-6-21-7-5-16/h1-3,8,13-14,18H,4-7,9-10H2/t13-,14-/m1/s1. The molecule has 0 amide bonds. The molecule has 0 bridgehead atoms. The fourth-order valence-corrected chi connectivity index (χ4v) is 4.30. The second-order valence-corrected chi connectivity index (χ2v) is 7.45. The van der Waals surface area contributed by atoms with E-state index in [0.29, 0.717) is 26.3 Å². The Morgan fingerprint density at radius 1 is 1.22 bits per heavy atom. The Morgan fingerprint density at radius 2 is 1.96 bits per heavy atom. The Bertz CT molecular complexity index is 650. The number of hydrogen-bond acceptors (Lipinski definition) is 5. The van der Waals surface area contributed by atoms with E-state index in [4.69, 9.17) is 9.47 Å². The second kappa shape index (κ2) is 6.70. The molecule has 128 valence electrons. The SMILES string of the molecule is O=S(=O)(N1CCOCC1)N1C[C@@H](O)[C@H](Oc2cccc(F)c2)C1. The first-order valence-corrected chi connectivity index (χ1v) is 8.80. The first kappa shape index (κ1) is 16.6. The molecule has 0 radical (unpaired) electrons. The number of ether oxygens (including phenoxy) is 2. The maximum atomic E-state index is 13.2. The maximum Gasteiger partial charge on any atom is 0.282 e. The van der Waals surface area contributed by atoms with Gasteiger partial charge in [0.15, 0.2) is 0 Å². The maximum absolute atomic E-state index is 13.2. The topological polar surface area (TPSA) is 79.3 Å². The predicted octanol–water partition coefficient (Wildman–Crippen LogP) is -0.173. The first-order chi connectivity index (χ1) is 11.0. The van der Waals surface area contributed by atoms with E-state index in [1.54, 1.807) is 6.07 Å². The number of rotatable bonds is 4. The van der Waals surface area contributed by atoms with E-state index in [1.165, 1.54) is 26.8 Å². The number of morpholine rings is 1. The minimum Gasteiger partial charge on any atom is -0.486 e. The van der Waals surface area contributed by atoms with Crippen molar-refractivity contribution in [3.63, 3.8) is 0 Å². The minimum atomic E-state index is -3.66. The third-order valence-electron chi connectivity index (χ3n) is 3.91. The van der Waals surface area contributed by atoms with E-state index >= 15 is 0 Å². The summed E-state index contributed by atoms with van der Waals surface area (Å²) in [6.07, 6.45) is -1.69. The summed E-state index contributed by atoms with van der Waals surface area (Å²) >= 11 is 0. The van der Waals surface area contributed by atoms with Crippen LogP contribution in [0.25, 0.3) is 0 Å². The van der Waals surface area contributed by atoms with Gasteiger partial charge in [0.1, 0.15) is 23.8 Å². The molecule has 0 aromatic heterocycles. The average molecular weight is 346 g/mol. The molecule has 1 aromatic carbocycles. The number of nitrogens with zero attached hydrogens (tertiary/aromatic N) is 2. The molecule has 2 fully saturated rings. The summed E-state index contributed by atoms with van der Waals surface area (Å²) in [5, 5.41) is 10.1. The van der Waals surface area contributed by atoms with Gasteiger partial charge in [0.2, 0.25) is 0 Å². The molecule has 23 heavy (non-hydrogen) atoms. The van der Waals surface area contributed by atoms with Gasteiger partial charge >= 0.3 is 0 Å². The van der Waals surface area contributed by atoms with Crippen molar-refractivity contribution >= 4 is 10.2 Å². The van der Waals surface area contributed by atoms with Crippen molar-refractivity contribution in [3.05, 3.63) is 30.1 Å². The van der Waals surface area contributed by atoms with Gasteiger partial charge in [-0.15, -0.1) is 0 Å². The number of β-amino-alcohol motifs (C(OH)–C–C–N with tert-alkyl or cyclic N) is 1. The summed E-state index contributed by atoms with van der Waals surface area (Å²) < 4.78 is 51.5. The van der Waals surface area contributed by atoms with Crippen LogP contribution in [0.3, 0.4) is 0 Å². The van der Waals surface area contributed by atoms with Gasteiger partial charge in [0.05, 0.1) is 19.8 Å². The Morgan fingerprint density at radius 3 is 2.65 bits per heavy atom. The Kier molecular flexibility index (Phi) is 4.83. The molecule has 1 N–H and O–H groups in total. The molecule has 3 rings (SSSR count). The first-order valence-electron chi connectivity index (χ1n) is 7.40. The molecule has 2 saturated heterocycles. The largest absolute Gasteiger partial charge is 0.486 e. The minimum absolute atomic E-state index is 0.0252. The van der Waals surface area contributed by atoms with Crippen LogP contribution in [0.15, 0.2) is 24.3 Å². The van der Waals surface area contributed by atoms with E-state index in [0.717, 1.165) is 0 Å². The summed E-state index contributed by atoms with van der Waals surface area (Å²) in [5.41, 5.74) is 0. The van der Waals surface area contributed by atoms with Gasteiger partial charge < -0.3 is 14.6 Å². The van der Waals surface area contributed by atoms with Crippen LogP contribution in [-0.4, -0.2) is 73.7 Å². The van der Waals surface area contributed by atoms with Crippen molar-refractivity contribution < 1.29 is 27.4 Å². The predicted molar refractivity (Wildman–Crippen MR) is 79.7 cm³/mol. The number of aliphatic hydroxyl groups excluding tert-OH is 1. The summed E-state index contributed by atoms with van der Waals surface area (Å²) in [5.74, 6) is -0.188. The summed E-state index contributed by atoms with van der Waals surface area (Å²) in [4.78, 5) is 0. The zero-order chi connectivity index (χ0) is 16.4. The highest BCUT2D eigenvalue weighted by atomic mass is 32.2. The van der Waals surface area contributed by atoms with Crippen molar-refractivity contribution in [2.45, 2.75) is 12.2 Å². The Hall–Kier alpha value is -1.26. The lowest BCUT2D eigenvalue weighted by Crippen LogP contribution is -2.48. The van der Waals surface area contributed by atoms with E-state index < -0.39 is 28.2 Å². The van der Waals surface area contributed by atoms with Crippen LogP contribution in [0, 0.1) is 5.82 Å². The van der Waals surface area contributed by atoms with Crippen LogP contribution < -0.4 is 4.74 Å². The normalized spacial score (nSPS) is 27.2. The van der Waals surface area contributed by atoms with Crippen LogP contribution in [0.5, 0.6) is 5.75 Å². The van der Waals surface area contributed by atoms with Crippen LogP contribution in [-0.2, 0) is 14.9 Å².